The average Bonchev–Trinajstić information content (AvgIpc) is 3.35. The standard InChI is InChI=1S/C25H35N5O2/c1-29(2)24(31)19-28-25(26-17-20-11-5-4-6-12-20)27-18-22(30-15-9-10-16-30)21-13-7-8-14-23(21)32-3/h4-8,11-14,22H,9-10,15-19H2,1-3H3,(H2,26,27,28). The highest BCUT2D eigenvalue weighted by Gasteiger charge is 2.26. The number of aliphatic imine (C=N–C) groups is 1. The normalized spacial score (nSPS) is 15.3. The van der Waals surface area contributed by atoms with Crippen molar-refractivity contribution in [3.8, 4) is 5.75 Å². The number of nitrogens with zero attached hydrogens (tertiary/aromatic N) is 3. The van der Waals surface area contributed by atoms with Gasteiger partial charge in [0.05, 0.1) is 26.2 Å². The molecule has 2 N–H and O–H groups in total. The molecule has 1 heterocycles. The molecule has 2 aromatic rings. The first-order chi connectivity index (χ1) is 15.6. The fraction of sp³-hybridized carbons (Fsp3) is 0.440. The summed E-state index contributed by atoms with van der Waals surface area (Å²) >= 11 is 0. The molecule has 2 aromatic carbocycles. The van der Waals surface area contributed by atoms with E-state index in [1.165, 1.54) is 12.8 Å². The van der Waals surface area contributed by atoms with Crippen LogP contribution in [0.3, 0.4) is 0 Å². The predicted molar refractivity (Wildman–Crippen MR) is 129 cm³/mol. The number of ether oxygens (including phenoxy) is 1. The first-order valence-corrected chi connectivity index (χ1v) is 11.2. The molecule has 172 valence electrons. The van der Waals surface area contributed by atoms with Crippen LogP contribution in [0.1, 0.15) is 30.0 Å². The highest BCUT2D eigenvalue weighted by Crippen LogP contribution is 2.31. The largest absolute Gasteiger partial charge is 0.496 e. The van der Waals surface area contributed by atoms with Crippen LogP contribution in [0, 0.1) is 0 Å². The van der Waals surface area contributed by atoms with Crippen LogP contribution in [-0.4, -0.2) is 69.1 Å². The van der Waals surface area contributed by atoms with Crippen molar-refractivity contribution >= 4 is 11.9 Å². The summed E-state index contributed by atoms with van der Waals surface area (Å²) in [5, 5.41) is 6.68. The van der Waals surface area contributed by atoms with Crippen molar-refractivity contribution in [3.05, 3.63) is 65.7 Å². The molecular formula is C25H35N5O2. The zero-order valence-corrected chi connectivity index (χ0v) is 19.4. The molecule has 32 heavy (non-hydrogen) atoms. The van der Waals surface area contributed by atoms with Gasteiger partial charge in [0.15, 0.2) is 5.96 Å². The first-order valence-electron chi connectivity index (χ1n) is 11.2. The Kier molecular flexibility index (Phi) is 8.92. The summed E-state index contributed by atoms with van der Waals surface area (Å²) in [4.78, 5) is 20.9. The summed E-state index contributed by atoms with van der Waals surface area (Å²) in [6.45, 7) is 3.52. The number of hydrogen-bond acceptors (Lipinski definition) is 4. The van der Waals surface area contributed by atoms with Crippen molar-refractivity contribution in [2.24, 2.45) is 4.99 Å². The second-order valence-electron chi connectivity index (χ2n) is 8.17. The lowest BCUT2D eigenvalue weighted by atomic mass is 10.0. The van der Waals surface area contributed by atoms with E-state index < -0.39 is 0 Å². The van der Waals surface area contributed by atoms with Gasteiger partial charge >= 0.3 is 0 Å². The van der Waals surface area contributed by atoms with E-state index in [0.29, 0.717) is 19.0 Å². The molecule has 0 aromatic heterocycles. The van der Waals surface area contributed by atoms with E-state index in [9.17, 15) is 4.79 Å². The number of carbonyl (C=O) groups excluding carboxylic acids is 1. The van der Waals surface area contributed by atoms with Crippen LogP contribution < -0.4 is 15.4 Å². The zero-order valence-electron chi connectivity index (χ0n) is 19.4. The Bertz CT molecular complexity index is 879. The molecule has 0 saturated carbocycles. The Morgan fingerprint density at radius 1 is 1.06 bits per heavy atom. The van der Waals surface area contributed by atoms with Gasteiger partial charge in [0.1, 0.15) is 5.75 Å². The number of nitrogens with one attached hydrogen (secondary N) is 2. The Balaban J connectivity index is 1.76. The van der Waals surface area contributed by atoms with Crippen molar-refractivity contribution in [2.45, 2.75) is 25.4 Å². The van der Waals surface area contributed by atoms with Crippen molar-refractivity contribution in [1.29, 1.82) is 0 Å². The van der Waals surface area contributed by atoms with E-state index in [0.717, 1.165) is 30.0 Å². The van der Waals surface area contributed by atoms with Crippen LogP contribution in [-0.2, 0) is 11.3 Å². The molecule has 1 aliphatic rings. The number of methoxy groups -OCH3 is 1. The molecule has 0 radical (unpaired) electrons. The lowest BCUT2D eigenvalue weighted by molar-refractivity contribution is -0.127. The summed E-state index contributed by atoms with van der Waals surface area (Å²) < 4.78 is 5.65. The maximum absolute atomic E-state index is 12.1. The van der Waals surface area contributed by atoms with Crippen LogP contribution in [0.25, 0.3) is 0 Å². The third-order valence-corrected chi connectivity index (χ3v) is 5.71. The maximum atomic E-state index is 12.1. The number of likely N-dealkylation sites (N-methyl/N-ethyl adjacent to an activating group) is 1. The Labute approximate surface area is 191 Å². The summed E-state index contributed by atoms with van der Waals surface area (Å²) in [6.07, 6.45) is 2.41. The third-order valence-electron chi connectivity index (χ3n) is 5.71. The lowest BCUT2D eigenvalue weighted by Crippen LogP contribution is -2.45. The van der Waals surface area contributed by atoms with Gasteiger partial charge in [-0.25, -0.2) is 4.99 Å². The molecule has 0 spiro atoms. The number of hydrogen-bond donors (Lipinski definition) is 2. The highest BCUT2D eigenvalue weighted by atomic mass is 16.5. The molecule has 1 aliphatic heterocycles. The van der Waals surface area contributed by atoms with Crippen LogP contribution in [0.15, 0.2) is 59.6 Å². The van der Waals surface area contributed by atoms with Crippen molar-refractivity contribution in [2.75, 3.05) is 47.4 Å². The zero-order chi connectivity index (χ0) is 22.8. The topological polar surface area (TPSA) is 69.2 Å². The third kappa shape index (κ3) is 6.72. The van der Waals surface area contributed by atoms with E-state index in [2.05, 4.69) is 27.7 Å². The van der Waals surface area contributed by atoms with Gasteiger partial charge in [-0.3, -0.25) is 9.69 Å². The monoisotopic (exact) mass is 437 g/mol. The molecule has 1 atom stereocenters. The van der Waals surface area contributed by atoms with Gasteiger partial charge in [-0.1, -0.05) is 48.5 Å². The molecular weight excluding hydrogens is 402 g/mol. The summed E-state index contributed by atoms with van der Waals surface area (Å²) in [5.74, 6) is 1.52. The van der Waals surface area contributed by atoms with Crippen LogP contribution in [0.2, 0.25) is 0 Å². The van der Waals surface area contributed by atoms with Crippen LogP contribution in [0.5, 0.6) is 5.75 Å². The number of likely N-dealkylation sites (tertiary alicyclic amines) is 1. The number of guanidine groups is 1. The SMILES string of the molecule is COc1ccccc1C(CNC(=NCc1ccccc1)NCC(=O)N(C)C)N1CCCC1. The Morgan fingerprint density at radius 2 is 1.75 bits per heavy atom. The first kappa shape index (κ1) is 23.6. The number of rotatable bonds is 9. The fourth-order valence-electron chi connectivity index (χ4n) is 3.87. The van der Waals surface area contributed by atoms with Gasteiger partial charge in [-0.05, 0) is 37.6 Å². The number of amides is 1. The van der Waals surface area contributed by atoms with Crippen molar-refractivity contribution in [3.63, 3.8) is 0 Å². The quantitative estimate of drug-likeness (QED) is 0.466. The van der Waals surface area contributed by atoms with Crippen LogP contribution in [0.4, 0.5) is 0 Å². The molecule has 1 saturated heterocycles. The average molecular weight is 438 g/mol. The van der Waals surface area contributed by atoms with E-state index in [-0.39, 0.29) is 18.5 Å². The molecule has 1 amide bonds. The van der Waals surface area contributed by atoms with Gasteiger partial charge in [0.25, 0.3) is 0 Å². The minimum absolute atomic E-state index is 0.0000302. The van der Waals surface area contributed by atoms with E-state index in [1.807, 2.05) is 42.5 Å². The minimum atomic E-state index is 0.0000302. The molecule has 0 aliphatic carbocycles. The van der Waals surface area contributed by atoms with E-state index in [4.69, 9.17) is 9.73 Å². The molecule has 7 nitrogen and oxygen atoms in total. The van der Waals surface area contributed by atoms with Gasteiger partial charge in [-0.2, -0.15) is 0 Å². The molecule has 0 bridgehead atoms. The van der Waals surface area contributed by atoms with Crippen LogP contribution >= 0.6 is 0 Å². The minimum Gasteiger partial charge on any atom is -0.496 e. The summed E-state index contributed by atoms with van der Waals surface area (Å²) in [6, 6.07) is 18.5. The smallest absolute Gasteiger partial charge is 0.241 e. The summed E-state index contributed by atoms with van der Waals surface area (Å²) in [7, 11) is 5.22. The van der Waals surface area contributed by atoms with Gasteiger partial charge in [0.2, 0.25) is 5.91 Å². The highest BCUT2D eigenvalue weighted by molar-refractivity contribution is 5.86. The van der Waals surface area contributed by atoms with E-state index in [1.54, 1.807) is 26.1 Å². The Hall–Kier alpha value is -3.06. The van der Waals surface area contributed by atoms with Gasteiger partial charge in [-0.15, -0.1) is 0 Å². The maximum Gasteiger partial charge on any atom is 0.241 e. The molecule has 1 unspecified atom stereocenters. The van der Waals surface area contributed by atoms with Gasteiger partial charge in [0, 0.05) is 26.2 Å². The summed E-state index contributed by atoms with van der Waals surface area (Å²) in [5.41, 5.74) is 2.28. The van der Waals surface area contributed by atoms with Gasteiger partial charge < -0.3 is 20.3 Å². The number of para-hydroxylation sites is 1. The number of benzene rings is 2. The second-order valence-corrected chi connectivity index (χ2v) is 8.17. The molecule has 1 fully saturated rings. The van der Waals surface area contributed by atoms with Crippen molar-refractivity contribution < 1.29 is 9.53 Å². The fourth-order valence-corrected chi connectivity index (χ4v) is 3.87. The lowest BCUT2D eigenvalue weighted by Gasteiger charge is -2.30. The Morgan fingerprint density at radius 3 is 2.44 bits per heavy atom. The molecule has 3 rings (SSSR count). The van der Waals surface area contributed by atoms with Crippen molar-refractivity contribution in [1.82, 2.24) is 20.4 Å². The van der Waals surface area contributed by atoms with E-state index >= 15 is 0 Å². The second kappa shape index (κ2) is 12.1. The molecule has 7 heteroatoms. The predicted octanol–water partition coefficient (Wildman–Crippen LogP) is 2.66. The number of carbonyl (C=O) groups is 1.